The Balaban J connectivity index is 0.000000208. The number of hydrogen-bond acceptors (Lipinski definition) is 5. The van der Waals surface area contributed by atoms with Gasteiger partial charge in [0.05, 0.1) is 16.4 Å². The minimum atomic E-state index is -1.22. The largest absolute Gasteiger partial charge is 0.481 e. The molecule has 29 heavy (non-hydrogen) atoms. The number of hydrogen-bond donors (Lipinski definition) is 2. The second-order valence-corrected chi connectivity index (χ2v) is 8.19. The van der Waals surface area contributed by atoms with E-state index in [4.69, 9.17) is 21.8 Å². The smallest absolute Gasteiger partial charge is 0.331 e. The zero-order valence-corrected chi connectivity index (χ0v) is 17.0. The predicted octanol–water partition coefficient (Wildman–Crippen LogP) is 4.16. The Kier molecular flexibility index (Phi) is 7.18. The third-order valence-electron chi connectivity index (χ3n) is 5.25. The van der Waals surface area contributed by atoms with Gasteiger partial charge in [0, 0.05) is 10.6 Å². The van der Waals surface area contributed by atoms with Gasteiger partial charge in [0.25, 0.3) is 0 Å². The summed E-state index contributed by atoms with van der Waals surface area (Å²) < 4.78 is 1.75. The van der Waals surface area contributed by atoms with E-state index in [0.717, 1.165) is 18.8 Å². The summed E-state index contributed by atoms with van der Waals surface area (Å²) in [6, 6.07) is 0.356. The molecule has 0 amide bonds. The molecular formula is C19H24ClN3O6. The quantitative estimate of drug-likeness (QED) is 0.546. The number of nitrogens with zero attached hydrogens (tertiary/aromatic N) is 3. The molecule has 1 aromatic rings. The molecule has 0 saturated heterocycles. The second-order valence-electron chi connectivity index (χ2n) is 7.75. The van der Waals surface area contributed by atoms with Gasteiger partial charge < -0.3 is 10.2 Å². The average Bonchev–Trinajstić information content (AvgIpc) is 3.12. The fourth-order valence-electron chi connectivity index (χ4n) is 3.41. The maximum atomic E-state index is 10.9. The SMILES string of the molecule is CC1(C(=O)O)C=C(Cl)C=C(C(=O)O)C1.CC1CCC(n2cc([N+](=O)[O-])cn2)CC1. The predicted molar refractivity (Wildman–Crippen MR) is 106 cm³/mol. The number of rotatable bonds is 4. The van der Waals surface area contributed by atoms with E-state index in [1.54, 1.807) is 10.9 Å². The Morgan fingerprint density at radius 1 is 1.31 bits per heavy atom. The number of carbonyl (C=O) groups is 2. The van der Waals surface area contributed by atoms with Crippen LogP contribution in [0.15, 0.2) is 35.2 Å². The third kappa shape index (κ3) is 5.90. The molecule has 2 aliphatic carbocycles. The molecule has 2 aliphatic rings. The minimum absolute atomic E-state index is 0.0161. The van der Waals surface area contributed by atoms with Crippen LogP contribution in [0, 0.1) is 21.4 Å². The maximum absolute atomic E-state index is 10.9. The van der Waals surface area contributed by atoms with Gasteiger partial charge in [0.15, 0.2) is 0 Å². The van der Waals surface area contributed by atoms with Gasteiger partial charge in [-0.05, 0) is 57.1 Å². The lowest BCUT2D eigenvalue weighted by Gasteiger charge is -2.25. The standard InChI is InChI=1S/C10H15N3O2.C9H9ClO4/c1-8-2-4-9(5-3-8)12-7-10(6-11-12)13(14)15;1-9(8(13)14)3-5(7(11)12)2-6(10)4-9/h6-9H,2-5H2,1H3;2,4H,3H2,1H3,(H,11,12)(H,13,14). The Morgan fingerprint density at radius 3 is 2.41 bits per heavy atom. The van der Waals surface area contributed by atoms with Gasteiger partial charge in [-0.25, -0.2) is 4.79 Å². The minimum Gasteiger partial charge on any atom is -0.481 e. The van der Waals surface area contributed by atoms with Crippen LogP contribution in [0.5, 0.6) is 0 Å². The van der Waals surface area contributed by atoms with Crippen LogP contribution in [-0.2, 0) is 9.59 Å². The van der Waals surface area contributed by atoms with E-state index in [-0.39, 0.29) is 22.7 Å². The van der Waals surface area contributed by atoms with Gasteiger partial charge in [-0.15, -0.1) is 0 Å². The third-order valence-corrected chi connectivity index (χ3v) is 5.47. The van der Waals surface area contributed by atoms with Crippen molar-refractivity contribution in [3.05, 3.63) is 45.3 Å². The van der Waals surface area contributed by atoms with E-state index in [9.17, 15) is 19.7 Å². The van der Waals surface area contributed by atoms with Crippen LogP contribution in [0.2, 0.25) is 0 Å². The van der Waals surface area contributed by atoms with Gasteiger partial charge in [-0.3, -0.25) is 19.6 Å². The van der Waals surface area contributed by atoms with Gasteiger partial charge in [0.1, 0.15) is 12.4 Å². The molecule has 10 heteroatoms. The van der Waals surface area contributed by atoms with Crippen molar-refractivity contribution in [1.82, 2.24) is 9.78 Å². The highest BCUT2D eigenvalue weighted by Gasteiger charge is 2.36. The van der Waals surface area contributed by atoms with E-state index in [1.807, 2.05) is 0 Å². The molecule has 0 aliphatic heterocycles. The van der Waals surface area contributed by atoms with Gasteiger partial charge in [-0.2, -0.15) is 5.10 Å². The van der Waals surface area contributed by atoms with Crippen LogP contribution in [0.25, 0.3) is 0 Å². The maximum Gasteiger partial charge on any atom is 0.331 e. The van der Waals surface area contributed by atoms with E-state index in [0.29, 0.717) is 6.04 Å². The molecule has 1 atom stereocenters. The first-order chi connectivity index (χ1) is 13.5. The Hall–Kier alpha value is -2.68. The van der Waals surface area contributed by atoms with Gasteiger partial charge in [0.2, 0.25) is 0 Å². The number of nitro groups is 1. The molecule has 158 valence electrons. The normalized spacial score (nSPS) is 26.4. The molecule has 1 unspecified atom stereocenters. The number of carboxylic acids is 2. The zero-order chi connectivity index (χ0) is 21.8. The lowest BCUT2D eigenvalue weighted by atomic mass is 9.80. The molecule has 0 radical (unpaired) electrons. The molecular weight excluding hydrogens is 402 g/mol. The number of aromatic nitrogens is 2. The van der Waals surface area contributed by atoms with Crippen molar-refractivity contribution in [2.24, 2.45) is 11.3 Å². The van der Waals surface area contributed by atoms with Crippen molar-refractivity contribution in [2.45, 2.75) is 52.0 Å². The van der Waals surface area contributed by atoms with Crippen LogP contribution in [0.3, 0.4) is 0 Å². The second kappa shape index (κ2) is 9.21. The summed E-state index contributed by atoms with van der Waals surface area (Å²) in [7, 11) is 0. The molecule has 1 aromatic heterocycles. The van der Waals surface area contributed by atoms with Crippen LogP contribution < -0.4 is 0 Å². The summed E-state index contributed by atoms with van der Waals surface area (Å²) in [6.45, 7) is 3.69. The molecule has 0 aromatic carbocycles. The first kappa shape index (κ1) is 22.6. The average molecular weight is 426 g/mol. The van der Waals surface area contributed by atoms with Crippen molar-refractivity contribution in [2.75, 3.05) is 0 Å². The topological polar surface area (TPSA) is 136 Å². The fraction of sp³-hybridized carbons (Fsp3) is 0.526. The first-order valence-electron chi connectivity index (χ1n) is 9.26. The van der Waals surface area contributed by atoms with Crippen LogP contribution in [-0.4, -0.2) is 36.9 Å². The molecule has 1 saturated carbocycles. The van der Waals surface area contributed by atoms with E-state index < -0.39 is 22.3 Å². The van der Waals surface area contributed by atoms with Gasteiger partial charge >= 0.3 is 17.6 Å². The summed E-state index contributed by atoms with van der Waals surface area (Å²) in [6.07, 6.45) is 10.0. The number of carboxylic acid groups (broad SMARTS) is 2. The summed E-state index contributed by atoms with van der Waals surface area (Å²) in [5.41, 5.74) is -1.12. The highest BCUT2D eigenvalue weighted by Crippen LogP contribution is 2.35. The number of halogens is 1. The van der Waals surface area contributed by atoms with Crippen molar-refractivity contribution >= 4 is 29.2 Å². The fourth-order valence-corrected chi connectivity index (χ4v) is 3.79. The monoisotopic (exact) mass is 425 g/mol. The molecule has 1 heterocycles. The van der Waals surface area contributed by atoms with E-state index in [1.165, 1.54) is 38.1 Å². The number of aliphatic carboxylic acids is 2. The summed E-state index contributed by atoms with van der Waals surface area (Å²) >= 11 is 5.64. The van der Waals surface area contributed by atoms with E-state index in [2.05, 4.69) is 12.0 Å². The summed E-state index contributed by atoms with van der Waals surface area (Å²) in [5.74, 6) is -1.43. The van der Waals surface area contributed by atoms with Crippen molar-refractivity contribution < 1.29 is 24.7 Å². The molecule has 9 nitrogen and oxygen atoms in total. The molecule has 0 spiro atoms. The van der Waals surface area contributed by atoms with Crippen molar-refractivity contribution in [3.8, 4) is 0 Å². The van der Waals surface area contributed by atoms with Crippen molar-refractivity contribution in [3.63, 3.8) is 0 Å². The Labute approximate surface area is 172 Å². The summed E-state index contributed by atoms with van der Waals surface area (Å²) in [5, 5.41) is 32.3. The van der Waals surface area contributed by atoms with Crippen molar-refractivity contribution in [1.29, 1.82) is 0 Å². The summed E-state index contributed by atoms with van der Waals surface area (Å²) in [4.78, 5) is 31.6. The van der Waals surface area contributed by atoms with E-state index >= 15 is 0 Å². The Morgan fingerprint density at radius 2 is 1.93 bits per heavy atom. The highest BCUT2D eigenvalue weighted by molar-refractivity contribution is 6.31. The lowest BCUT2D eigenvalue weighted by Crippen LogP contribution is -2.29. The zero-order valence-electron chi connectivity index (χ0n) is 16.2. The molecule has 1 fully saturated rings. The van der Waals surface area contributed by atoms with Crippen LogP contribution >= 0.6 is 11.6 Å². The van der Waals surface area contributed by atoms with Crippen LogP contribution in [0.4, 0.5) is 5.69 Å². The first-order valence-corrected chi connectivity index (χ1v) is 9.64. The molecule has 2 N–H and O–H groups in total. The molecule has 0 bridgehead atoms. The highest BCUT2D eigenvalue weighted by atomic mass is 35.5. The number of allylic oxidation sites excluding steroid dienone is 2. The molecule has 3 rings (SSSR count). The lowest BCUT2D eigenvalue weighted by molar-refractivity contribution is -0.385. The van der Waals surface area contributed by atoms with Gasteiger partial charge in [-0.1, -0.05) is 18.5 Å². The van der Waals surface area contributed by atoms with Crippen LogP contribution in [0.1, 0.15) is 52.0 Å². The Bertz CT molecular complexity index is 854.